The topological polar surface area (TPSA) is 36.4 Å². The van der Waals surface area contributed by atoms with Crippen LogP contribution in [0.15, 0.2) is 24.3 Å². The normalized spacial score (nSPS) is 15.0. The summed E-state index contributed by atoms with van der Waals surface area (Å²) in [5.41, 5.74) is 3.63. The van der Waals surface area contributed by atoms with Gasteiger partial charge in [-0.3, -0.25) is 4.79 Å². The van der Waals surface area contributed by atoms with E-state index < -0.39 is 0 Å². The van der Waals surface area contributed by atoms with Crippen molar-refractivity contribution in [3.05, 3.63) is 45.4 Å². The Hall–Kier alpha value is -1.88. The van der Waals surface area contributed by atoms with Crippen molar-refractivity contribution in [1.82, 2.24) is 9.88 Å². The van der Waals surface area contributed by atoms with Gasteiger partial charge in [-0.1, -0.05) is 12.1 Å². The van der Waals surface area contributed by atoms with Crippen molar-refractivity contribution >= 4 is 22.9 Å². The van der Waals surface area contributed by atoms with Crippen molar-refractivity contribution in [2.24, 2.45) is 0 Å². The Bertz CT molecular complexity index is 698. The van der Waals surface area contributed by atoms with Gasteiger partial charge in [0.2, 0.25) is 5.91 Å². The highest BCUT2D eigenvalue weighted by atomic mass is 32.1. The fourth-order valence-electron chi connectivity index (χ4n) is 3.06. The van der Waals surface area contributed by atoms with Crippen molar-refractivity contribution in [2.75, 3.05) is 31.1 Å². The molecule has 1 aliphatic rings. The smallest absolute Gasteiger partial charge is 0.223 e. The zero-order valence-electron chi connectivity index (χ0n) is 14.7. The van der Waals surface area contributed by atoms with Crippen LogP contribution in [0.25, 0.3) is 0 Å². The second kappa shape index (κ2) is 7.34. The minimum Gasteiger partial charge on any atom is -0.368 e. The molecule has 0 unspecified atom stereocenters. The van der Waals surface area contributed by atoms with Gasteiger partial charge in [0, 0.05) is 49.6 Å². The number of thiazole rings is 1. The number of aryl methyl sites for hydroxylation is 4. The average molecular weight is 343 g/mol. The van der Waals surface area contributed by atoms with Crippen LogP contribution in [0.2, 0.25) is 0 Å². The van der Waals surface area contributed by atoms with E-state index in [0.717, 1.165) is 43.3 Å². The highest BCUT2D eigenvalue weighted by Crippen LogP contribution is 2.20. The van der Waals surface area contributed by atoms with E-state index in [1.165, 1.54) is 16.1 Å². The summed E-state index contributed by atoms with van der Waals surface area (Å²) in [6, 6.07) is 8.58. The van der Waals surface area contributed by atoms with Gasteiger partial charge in [0.1, 0.15) is 0 Å². The molecule has 0 saturated carbocycles. The third-order valence-corrected chi connectivity index (χ3v) is 5.76. The molecule has 0 radical (unpaired) electrons. The molecule has 1 fully saturated rings. The lowest BCUT2D eigenvalue weighted by Crippen LogP contribution is -2.48. The zero-order valence-corrected chi connectivity index (χ0v) is 15.5. The van der Waals surface area contributed by atoms with Crippen LogP contribution < -0.4 is 4.90 Å². The quantitative estimate of drug-likeness (QED) is 0.854. The van der Waals surface area contributed by atoms with E-state index in [4.69, 9.17) is 0 Å². The Kier molecular flexibility index (Phi) is 5.19. The highest BCUT2D eigenvalue weighted by molar-refractivity contribution is 7.11. The number of aromatic nitrogens is 1. The molecule has 2 aromatic rings. The largest absolute Gasteiger partial charge is 0.368 e. The van der Waals surface area contributed by atoms with Gasteiger partial charge in [0.15, 0.2) is 0 Å². The number of amides is 1. The van der Waals surface area contributed by atoms with Crippen LogP contribution in [-0.4, -0.2) is 42.0 Å². The van der Waals surface area contributed by atoms with Gasteiger partial charge >= 0.3 is 0 Å². The lowest BCUT2D eigenvalue weighted by molar-refractivity contribution is -0.131. The van der Waals surface area contributed by atoms with Crippen molar-refractivity contribution < 1.29 is 4.79 Å². The first-order valence-electron chi connectivity index (χ1n) is 8.55. The first kappa shape index (κ1) is 17.0. The van der Waals surface area contributed by atoms with Crippen LogP contribution in [0.5, 0.6) is 0 Å². The molecule has 0 atom stereocenters. The monoisotopic (exact) mass is 343 g/mol. The SMILES string of the molecule is Cc1cccc(N2CCN(C(=O)CCc3nc(C)c(C)s3)CC2)c1. The lowest BCUT2D eigenvalue weighted by Gasteiger charge is -2.36. The summed E-state index contributed by atoms with van der Waals surface area (Å²) in [5.74, 6) is 0.254. The van der Waals surface area contributed by atoms with Gasteiger partial charge in [-0.25, -0.2) is 4.98 Å². The summed E-state index contributed by atoms with van der Waals surface area (Å²) < 4.78 is 0. The third kappa shape index (κ3) is 3.96. The molecule has 0 bridgehead atoms. The average Bonchev–Trinajstić information content (AvgIpc) is 2.91. The van der Waals surface area contributed by atoms with E-state index >= 15 is 0 Å². The van der Waals surface area contributed by atoms with Crippen LogP contribution in [0, 0.1) is 20.8 Å². The summed E-state index contributed by atoms with van der Waals surface area (Å²) in [7, 11) is 0. The van der Waals surface area contributed by atoms with Crippen LogP contribution >= 0.6 is 11.3 Å². The number of benzene rings is 1. The second-order valence-electron chi connectivity index (χ2n) is 6.46. The first-order valence-corrected chi connectivity index (χ1v) is 9.37. The molecule has 1 aliphatic heterocycles. The van der Waals surface area contributed by atoms with E-state index in [1.54, 1.807) is 11.3 Å². The Morgan fingerprint density at radius 3 is 2.54 bits per heavy atom. The Morgan fingerprint density at radius 2 is 1.92 bits per heavy atom. The number of hydrogen-bond acceptors (Lipinski definition) is 4. The number of carbonyl (C=O) groups is 1. The maximum Gasteiger partial charge on any atom is 0.223 e. The van der Waals surface area contributed by atoms with E-state index in [2.05, 4.69) is 48.0 Å². The van der Waals surface area contributed by atoms with Gasteiger partial charge in [-0.05, 0) is 38.5 Å². The van der Waals surface area contributed by atoms with Crippen LogP contribution in [-0.2, 0) is 11.2 Å². The van der Waals surface area contributed by atoms with Crippen LogP contribution in [0.1, 0.15) is 27.6 Å². The maximum absolute atomic E-state index is 12.4. The molecule has 24 heavy (non-hydrogen) atoms. The number of piperazine rings is 1. The van der Waals surface area contributed by atoms with Crippen LogP contribution in [0.4, 0.5) is 5.69 Å². The Balaban J connectivity index is 1.50. The second-order valence-corrected chi connectivity index (χ2v) is 7.74. The standard InChI is InChI=1S/C19H25N3OS/c1-14-5-4-6-17(13-14)21-9-11-22(12-10-21)19(23)8-7-18-20-15(2)16(3)24-18/h4-6,13H,7-12H2,1-3H3. The first-order chi connectivity index (χ1) is 11.5. The number of rotatable bonds is 4. The molecule has 1 aromatic heterocycles. The van der Waals surface area contributed by atoms with E-state index in [1.807, 2.05) is 11.8 Å². The molecular formula is C19H25N3OS. The summed E-state index contributed by atoms with van der Waals surface area (Å²) in [4.78, 5) is 22.6. The Labute approximate surface area is 148 Å². The fraction of sp³-hybridized carbons (Fsp3) is 0.474. The van der Waals surface area contributed by atoms with Crippen molar-refractivity contribution in [1.29, 1.82) is 0 Å². The number of anilines is 1. The lowest BCUT2D eigenvalue weighted by atomic mass is 10.2. The zero-order chi connectivity index (χ0) is 17.1. The van der Waals surface area contributed by atoms with Gasteiger partial charge in [-0.15, -0.1) is 11.3 Å². The van der Waals surface area contributed by atoms with Crippen molar-refractivity contribution in [2.45, 2.75) is 33.6 Å². The summed E-state index contributed by atoms with van der Waals surface area (Å²) in [6.07, 6.45) is 1.33. The van der Waals surface area contributed by atoms with Crippen LogP contribution in [0.3, 0.4) is 0 Å². The summed E-state index contributed by atoms with van der Waals surface area (Å²) in [6.45, 7) is 9.66. The number of carbonyl (C=O) groups excluding carboxylic acids is 1. The third-order valence-electron chi connectivity index (χ3n) is 4.62. The molecule has 1 aromatic carbocycles. The van der Waals surface area contributed by atoms with E-state index in [9.17, 15) is 4.79 Å². The molecule has 3 rings (SSSR count). The Morgan fingerprint density at radius 1 is 1.17 bits per heavy atom. The summed E-state index contributed by atoms with van der Waals surface area (Å²) in [5, 5.41) is 1.08. The molecule has 2 heterocycles. The minimum atomic E-state index is 0.254. The predicted molar refractivity (Wildman–Crippen MR) is 99.9 cm³/mol. The molecular weight excluding hydrogens is 318 g/mol. The van der Waals surface area contributed by atoms with Gasteiger partial charge < -0.3 is 9.80 Å². The number of hydrogen-bond donors (Lipinski definition) is 0. The fourth-order valence-corrected chi connectivity index (χ4v) is 3.99. The number of nitrogens with zero attached hydrogens (tertiary/aromatic N) is 3. The molecule has 0 aliphatic carbocycles. The molecule has 0 N–H and O–H groups in total. The molecule has 128 valence electrons. The molecule has 1 saturated heterocycles. The van der Waals surface area contributed by atoms with Crippen molar-refractivity contribution in [3.63, 3.8) is 0 Å². The van der Waals surface area contributed by atoms with Gasteiger partial charge in [0.05, 0.1) is 10.7 Å². The van der Waals surface area contributed by atoms with Gasteiger partial charge in [0.25, 0.3) is 0 Å². The summed E-state index contributed by atoms with van der Waals surface area (Å²) >= 11 is 1.71. The van der Waals surface area contributed by atoms with E-state index in [0.29, 0.717) is 6.42 Å². The maximum atomic E-state index is 12.4. The van der Waals surface area contributed by atoms with E-state index in [-0.39, 0.29) is 5.91 Å². The van der Waals surface area contributed by atoms with Gasteiger partial charge in [-0.2, -0.15) is 0 Å². The molecule has 1 amide bonds. The molecule has 5 heteroatoms. The predicted octanol–water partition coefficient (Wildman–Crippen LogP) is 3.35. The molecule has 4 nitrogen and oxygen atoms in total. The van der Waals surface area contributed by atoms with Crippen molar-refractivity contribution in [3.8, 4) is 0 Å². The molecule has 0 spiro atoms. The minimum absolute atomic E-state index is 0.254. The highest BCUT2D eigenvalue weighted by Gasteiger charge is 2.21.